The highest BCUT2D eigenvalue weighted by atomic mass is 16.5. The molecule has 2 aliphatic rings. The molecule has 4 aromatic rings. The van der Waals surface area contributed by atoms with Crippen LogP contribution in [0.15, 0.2) is 59.3 Å². The van der Waals surface area contributed by atoms with Crippen molar-refractivity contribution in [1.29, 1.82) is 0 Å². The maximum Gasteiger partial charge on any atom is 0.226 e. The van der Waals surface area contributed by atoms with Gasteiger partial charge in [-0.25, -0.2) is 4.98 Å². The lowest BCUT2D eigenvalue weighted by atomic mass is 9.94. The van der Waals surface area contributed by atoms with Gasteiger partial charge >= 0.3 is 0 Å². The molecular weight excluding hydrogens is 366 g/mol. The van der Waals surface area contributed by atoms with Crippen LogP contribution in [0.4, 0.5) is 0 Å². The Morgan fingerprint density at radius 2 is 1.86 bits per heavy atom. The summed E-state index contributed by atoms with van der Waals surface area (Å²) in [5.74, 6) is 1.09. The molecule has 2 aliphatic heterocycles. The van der Waals surface area contributed by atoms with E-state index in [4.69, 9.17) is 18.9 Å². The first-order chi connectivity index (χ1) is 14.3. The third-order valence-corrected chi connectivity index (χ3v) is 5.72. The SMILES string of the molecule is c1cnc2c(c1)OCC(c1ccc3c(n1)CC(c1ccc4ccoc4n1)OC3)C2. The van der Waals surface area contributed by atoms with Crippen LogP contribution in [0.2, 0.25) is 0 Å². The molecule has 29 heavy (non-hydrogen) atoms. The van der Waals surface area contributed by atoms with Crippen molar-refractivity contribution in [2.75, 3.05) is 6.61 Å². The second-order valence-electron chi connectivity index (χ2n) is 7.56. The van der Waals surface area contributed by atoms with Crippen LogP contribution in [-0.4, -0.2) is 21.6 Å². The number of aromatic nitrogens is 3. The van der Waals surface area contributed by atoms with E-state index >= 15 is 0 Å². The zero-order chi connectivity index (χ0) is 19.2. The molecule has 0 N–H and O–H groups in total. The van der Waals surface area contributed by atoms with Gasteiger partial charge in [0.2, 0.25) is 5.71 Å². The first-order valence-corrected chi connectivity index (χ1v) is 9.84. The molecule has 0 aliphatic carbocycles. The molecule has 0 spiro atoms. The van der Waals surface area contributed by atoms with Gasteiger partial charge in [-0.1, -0.05) is 6.07 Å². The molecule has 4 aromatic heterocycles. The number of hydrogen-bond donors (Lipinski definition) is 0. The second-order valence-corrected chi connectivity index (χ2v) is 7.56. The zero-order valence-electron chi connectivity index (χ0n) is 15.7. The van der Waals surface area contributed by atoms with E-state index < -0.39 is 0 Å². The van der Waals surface area contributed by atoms with Crippen molar-refractivity contribution >= 4 is 11.1 Å². The molecule has 6 heteroatoms. The maximum absolute atomic E-state index is 6.07. The number of ether oxygens (including phenoxy) is 2. The second kappa shape index (κ2) is 6.67. The molecule has 6 heterocycles. The van der Waals surface area contributed by atoms with Crippen LogP contribution >= 0.6 is 0 Å². The molecule has 0 saturated heterocycles. The van der Waals surface area contributed by atoms with Gasteiger partial charge in [0, 0.05) is 41.7 Å². The fourth-order valence-corrected chi connectivity index (χ4v) is 4.12. The minimum atomic E-state index is -0.121. The third-order valence-electron chi connectivity index (χ3n) is 5.72. The highest BCUT2D eigenvalue weighted by molar-refractivity contribution is 5.73. The van der Waals surface area contributed by atoms with Crippen molar-refractivity contribution < 1.29 is 13.9 Å². The minimum Gasteiger partial charge on any atom is -0.491 e. The van der Waals surface area contributed by atoms with Gasteiger partial charge in [-0.3, -0.25) is 9.97 Å². The molecule has 0 saturated carbocycles. The summed E-state index contributed by atoms with van der Waals surface area (Å²) in [4.78, 5) is 14.1. The van der Waals surface area contributed by atoms with E-state index in [2.05, 4.69) is 22.1 Å². The molecule has 0 fully saturated rings. The number of nitrogens with zero attached hydrogens (tertiary/aromatic N) is 3. The third kappa shape index (κ3) is 2.96. The van der Waals surface area contributed by atoms with E-state index in [-0.39, 0.29) is 12.0 Å². The van der Waals surface area contributed by atoms with Gasteiger partial charge in [0.15, 0.2) is 0 Å². The van der Waals surface area contributed by atoms with Crippen LogP contribution in [-0.2, 0) is 24.2 Å². The first kappa shape index (κ1) is 16.7. The lowest BCUT2D eigenvalue weighted by Crippen LogP contribution is -2.23. The van der Waals surface area contributed by atoms with E-state index in [1.54, 1.807) is 6.26 Å². The standard InChI is InChI=1S/C23H19N3O3/c1-2-21-20(24-8-1)10-16(13-28-21)17-5-4-15-12-29-22(11-19(15)25-17)18-6-3-14-7-9-27-23(14)26-18/h1-9,16,22H,10-13H2. The van der Waals surface area contributed by atoms with Crippen molar-refractivity contribution in [1.82, 2.24) is 15.0 Å². The minimum absolute atomic E-state index is 0.121. The number of furan rings is 1. The summed E-state index contributed by atoms with van der Waals surface area (Å²) in [6.45, 7) is 1.16. The van der Waals surface area contributed by atoms with Gasteiger partial charge in [0.25, 0.3) is 0 Å². The molecular formula is C23H19N3O3. The van der Waals surface area contributed by atoms with E-state index in [0.717, 1.165) is 45.9 Å². The van der Waals surface area contributed by atoms with Crippen molar-refractivity contribution in [3.8, 4) is 5.75 Å². The number of fused-ring (bicyclic) bond motifs is 3. The lowest BCUT2D eigenvalue weighted by molar-refractivity contribution is 0.0233. The van der Waals surface area contributed by atoms with Crippen LogP contribution in [0.3, 0.4) is 0 Å². The van der Waals surface area contributed by atoms with Gasteiger partial charge in [0.05, 0.1) is 30.9 Å². The fraction of sp³-hybridized carbons (Fsp3) is 0.261. The van der Waals surface area contributed by atoms with E-state index in [9.17, 15) is 0 Å². The van der Waals surface area contributed by atoms with Gasteiger partial charge < -0.3 is 13.9 Å². The van der Waals surface area contributed by atoms with Crippen LogP contribution in [0.1, 0.15) is 40.4 Å². The summed E-state index contributed by atoms with van der Waals surface area (Å²) in [5, 5.41) is 0.997. The molecule has 0 bridgehead atoms. The van der Waals surface area contributed by atoms with E-state index in [1.807, 2.05) is 36.5 Å². The van der Waals surface area contributed by atoms with Crippen LogP contribution in [0.25, 0.3) is 11.1 Å². The Morgan fingerprint density at radius 1 is 0.897 bits per heavy atom. The Kier molecular flexibility index (Phi) is 3.84. The summed E-state index contributed by atoms with van der Waals surface area (Å²) in [6, 6.07) is 14.1. The summed E-state index contributed by atoms with van der Waals surface area (Å²) >= 11 is 0. The van der Waals surface area contributed by atoms with Crippen LogP contribution in [0.5, 0.6) is 5.75 Å². The largest absolute Gasteiger partial charge is 0.491 e. The molecule has 0 radical (unpaired) electrons. The van der Waals surface area contributed by atoms with Gasteiger partial charge in [0.1, 0.15) is 11.9 Å². The summed E-state index contributed by atoms with van der Waals surface area (Å²) in [6.07, 6.45) is 4.90. The van der Waals surface area contributed by atoms with E-state index in [1.165, 1.54) is 0 Å². The number of pyridine rings is 3. The smallest absolute Gasteiger partial charge is 0.226 e. The Morgan fingerprint density at radius 3 is 2.86 bits per heavy atom. The quantitative estimate of drug-likeness (QED) is 0.516. The molecule has 2 unspecified atom stereocenters. The number of rotatable bonds is 2. The van der Waals surface area contributed by atoms with Crippen molar-refractivity contribution in [2.45, 2.75) is 31.5 Å². The van der Waals surface area contributed by atoms with Crippen molar-refractivity contribution in [2.24, 2.45) is 0 Å². The summed E-state index contributed by atoms with van der Waals surface area (Å²) < 4.78 is 17.4. The molecule has 0 aromatic carbocycles. The van der Waals surface area contributed by atoms with Gasteiger partial charge in [-0.05, 0) is 42.0 Å². The van der Waals surface area contributed by atoms with Crippen molar-refractivity contribution in [3.63, 3.8) is 0 Å². The average molecular weight is 385 g/mol. The average Bonchev–Trinajstić information content (AvgIpc) is 3.26. The predicted molar refractivity (Wildman–Crippen MR) is 106 cm³/mol. The Bertz CT molecular complexity index is 1200. The first-order valence-electron chi connectivity index (χ1n) is 9.84. The Hall–Kier alpha value is -3.25. The molecule has 0 amide bonds. The predicted octanol–water partition coefficient (Wildman–Crippen LogP) is 4.15. The van der Waals surface area contributed by atoms with Crippen LogP contribution in [0, 0.1) is 0 Å². The molecule has 6 nitrogen and oxygen atoms in total. The van der Waals surface area contributed by atoms with Gasteiger partial charge in [-0.2, -0.15) is 0 Å². The number of hydrogen-bond acceptors (Lipinski definition) is 6. The monoisotopic (exact) mass is 385 g/mol. The van der Waals surface area contributed by atoms with Crippen molar-refractivity contribution in [3.05, 3.63) is 83.3 Å². The van der Waals surface area contributed by atoms with E-state index in [0.29, 0.717) is 25.3 Å². The lowest BCUT2D eigenvalue weighted by Gasteiger charge is -2.27. The summed E-state index contributed by atoms with van der Waals surface area (Å²) in [7, 11) is 0. The van der Waals surface area contributed by atoms with Crippen LogP contribution < -0.4 is 4.74 Å². The fourth-order valence-electron chi connectivity index (χ4n) is 4.12. The zero-order valence-corrected chi connectivity index (χ0v) is 15.7. The topological polar surface area (TPSA) is 70.3 Å². The maximum atomic E-state index is 6.07. The molecule has 2 atom stereocenters. The normalized spacial score (nSPS) is 20.7. The molecule has 144 valence electrons. The molecule has 6 rings (SSSR count). The van der Waals surface area contributed by atoms with Gasteiger partial charge in [-0.15, -0.1) is 0 Å². The summed E-state index contributed by atoms with van der Waals surface area (Å²) in [5.41, 5.74) is 5.79. The Labute approximate surface area is 167 Å². The Balaban J connectivity index is 1.27. The highest BCUT2D eigenvalue weighted by Crippen LogP contribution is 2.33. The highest BCUT2D eigenvalue weighted by Gasteiger charge is 2.27.